The van der Waals surface area contributed by atoms with E-state index in [1.54, 1.807) is 31.2 Å². The lowest BCUT2D eigenvalue weighted by atomic mass is 10.1. The molecule has 0 unspecified atom stereocenters. The SMILES string of the molecule is Cc1ccc(S(=O)(=O)Oc2c(C)cccc2-c2nc3cc(C)ccc3o2)cc1. The Kier molecular flexibility index (Phi) is 4.43. The van der Waals surface area contributed by atoms with E-state index in [1.165, 1.54) is 12.1 Å². The van der Waals surface area contributed by atoms with Gasteiger partial charge < -0.3 is 8.60 Å². The minimum absolute atomic E-state index is 0.0977. The van der Waals surface area contributed by atoms with E-state index < -0.39 is 10.1 Å². The van der Waals surface area contributed by atoms with Crippen LogP contribution >= 0.6 is 0 Å². The fourth-order valence-corrected chi connectivity index (χ4v) is 3.95. The fraction of sp³-hybridized carbons (Fsp3) is 0.136. The largest absolute Gasteiger partial charge is 0.436 e. The molecule has 0 atom stereocenters. The summed E-state index contributed by atoms with van der Waals surface area (Å²) in [6, 6.07) is 17.6. The molecule has 0 saturated carbocycles. The summed E-state index contributed by atoms with van der Waals surface area (Å²) in [5.74, 6) is 0.532. The molecule has 4 aromatic rings. The molecule has 0 aliphatic rings. The molecule has 28 heavy (non-hydrogen) atoms. The summed E-state index contributed by atoms with van der Waals surface area (Å²) >= 11 is 0. The van der Waals surface area contributed by atoms with E-state index >= 15 is 0 Å². The maximum atomic E-state index is 12.8. The van der Waals surface area contributed by atoms with Gasteiger partial charge >= 0.3 is 10.1 Å². The Labute approximate surface area is 163 Å². The van der Waals surface area contributed by atoms with Crippen molar-refractivity contribution in [2.45, 2.75) is 25.7 Å². The molecule has 0 amide bonds. The summed E-state index contributed by atoms with van der Waals surface area (Å²) in [4.78, 5) is 4.62. The molecule has 0 spiro atoms. The Hall–Kier alpha value is -3.12. The summed E-state index contributed by atoms with van der Waals surface area (Å²) in [5, 5.41) is 0. The first-order chi connectivity index (χ1) is 13.3. The molecule has 0 aliphatic heterocycles. The van der Waals surface area contributed by atoms with Crippen molar-refractivity contribution in [3.63, 3.8) is 0 Å². The first-order valence-electron chi connectivity index (χ1n) is 8.82. The van der Waals surface area contributed by atoms with E-state index in [0.29, 0.717) is 28.1 Å². The molecule has 0 fully saturated rings. The van der Waals surface area contributed by atoms with Crippen LogP contribution in [-0.2, 0) is 10.1 Å². The van der Waals surface area contributed by atoms with Crippen LogP contribution in [0.4, 0.5) is 0 Å². The van der Waals surface area contributed by atoms with Crippen molar-refractivity contribution >= 4 is 21.2 Å². The van der Waals surface area contributed by atoms with Gasteiger partial charge in [-0.3, -0.25) is 0 Å². The van der Waals surface area contributed by atoms with Gasteiger partial charge in [0.1, 0.15) is 10.4 Å². The van der Waals surface area contributed by atoms with Crippen LogP contribution in [0.3, 0.4) is 0 Å². The molecule has 3 aromatic carbocycles. The van der Waals surface area contributed by atoms with Crippen LogP contribution in [0.25, 0.3) is 22.6 Å². The molecule has 5 nitrogen and oxygen atoms in total. The van der Waals surface area contributed by atoms with E-state index in [2.05, 4.69) is 4.98 Å². The average molecular weight is 393 g/mol. The van der Waals surface area contributed by atoms with Crippen LogP contribution in [0.15, 0.2) is 70.0 Å². The third kappa shape index (κ3) is 3.39. The Bertz CT molecular complexity index is 1270. The number of hydrogen-bond donors (Lipinski definition) is 0. The number of rotatable bonds is 4. The normalized spacial score (nSPS) is 11.7. The molecule has 0 aliphatic carbocycles. The second kappa shape index (κ2) is 6.80. The van der Waals surface area contributed by atoms with Crippen LogP contribution < -0.4 is 4.18 Å². The van der Waals surface area contributed by atoms with Crippen molar-refractivity contribution in [2.24, 2.45) is 0 Å². The highest BCUT2D eigenvalue weighted by molar-refractivity contribution is 7.87. The third-order valence-corrected chi connectivity index (χ3v) is 5.72. The summed E-state index contributed by atoms with van der Waals surface area (Å²) < 4.78 is 37.0. The molecule has 4 rings (SSSR count). The van der Waals surface area contributed by atoms with Gasteiger partial charge in [-0.1, -0.05) is 35.9 Å². The lowest BCUT2D eigenvalue weighted by Gasteiger charge is -2.12. The maximum absolute atomic E-state index is 12.8. The Morgan fingerprint density at radius 2 is 1.61 bits per heavy atom. The van der Waals surface area contributed by atoms with Crippen LogP contribution in [0, 0.1) is 20.8 Å². The van der Waals surface area contributed by atoms with Crippen molar-refractivity contribution in [3.05, 3.63) is 77.4 Å². The topological polar surface area (TPSA) is 69.4 Å². The minimum atomic E-state index is -3.99. The molecule has 0 saturated heterocycles. The molecule has 142 valence electrons. The second-order valence-electron chi connectivity index (χ2n) is 6.79. The van der Waals surface area contributed by atoms with E-state index in [9.17, 15) is 8.42 Å². The summed E-state index contributed by atoms with van der Waals surface area (Å²) in [6.45, 7) is 5.66. The summed E-state index contributed by atoms with van der Waals surface area (Å²) in [7, 11) is -3.99. The number of aromatic nitrogens is 1. The second-order valence-corrected chi connectivity index (χ2v) is 8.34. The first-order valence-corrected chi connectivity index (χ1v) is 10.2. The van der Waals surface area contributed by atoms with Crippen LogP contribution in [0.5, 0.6) is 5.75 Å². The van der Waals surface area contributed by atoms with Gasteiger partial charge in [0.15, 0.2) is 11.3 Å². The zero-order valence-electron chi connectivity index (χ0n) is 15.8. The Morgan fingerprint density at radius 3 is 2.36 bits per heavy atom. The summed E-state index contributed by atoms with van der Waals surface area (Å²) in [6.07, 6.45) is 0. The van der Waals surface area contributed by atoms with Crippen LogP contribution in [-0.4, -0.2) is 13.4 Å². The predicted molar refractivity (Wildman–Crippen MR) is 108 cm³/mol. The molecule has 0 bridgehead atoms. The average Bonchev–Trinajstić information content (AvgIpc) is 3.06. The molecule has 6 heteroatoms. The molecular formula is C22H19NO4S. The maximum Gasteiger partial charge on any atom is 0.339 e. The van der Waals surface area contributed by atoms with Gasteiger partial charge in [-0.2, -0.15) is 8.42 Å². The van der Waals surface area contributed by atoms with Gasteiger partial charge in [-0.25, -0.2) is 4.98 Å². The van der Waals surface area contributed by atoms with Crippen molar-refractivity contribution in [1.29, 1.82) is 0 Å². The number of benzene rings is 3. The van der Waals surface area contributed by atoms with Gasteiger partial charge in [0.25, 0.3) is 0 Å². The van der Waals surface area contributed by atoms with E-state index in [4.69, 9.17) is 8.60 Å². The Balaban J connectivity index is 1.80. The number of para-hydroxylation sites is 1. The van der Waals surface area contributed by atoms with Crippen molar-refractivity contribution in [2.75, 3.05) is 0 Å². The first kappa shape index (κ1) is 18.3. The smallest absolute Gasteiger partial charge is 0.339 e. The van der Waals surface area contributed by atoms with Gasteiger partial charge in [-0.15, -0.1) is 0 Å². The fourth-order valence-electron chi connectivity index (χ4n) is 2.95. The minimum Gasteiger partial charge on any atom is -0.436 e. The zero-order chi connectivity index (χ0) is 19.9. The number of nitrogens with zero attached hydrogens (tertiary/aromatic N) is 1. The summed E-state index contributed by atoms with van der Waals surface area (Å²) in [5.41, 5.74) is 4.54. The van der Waals surface area contributed by atoms with Crippen molar-refractivity contribution in [3.8, 4) is 17.2 Å². The zero-order valence-corrected chi connectivity index (χ0v) is 16.6. The van der Waals surface area contributed by atoms with E-state index in [-0.39, 0.29) is 10.6 Å². The van der Waals surface area contributed by atoms with Gasteiger partial charge in [0.05, 0.1) is 5.56 Å². The highest BCUT2D eigenvalue weighted by Crippen LogP contribution is 2.36. The molecule has 1 aromatic heterocycles. The molecule has 1 heterocycles. The number of oxazole rings is 1. The van der Waals surface area contributed by atoms with Crippen molar-refractivity contribution < 1.29 is 17.0 Å². The lowest BCUT2D eigenvalue weighted by Crippen LogP contribution is -2.11. The van der Waals surface area contributed by atoms with Crippen LogP contribution in [0.2, 0.25) is 0 Å². The van der Waals surface area contributed by atoms with E-state index in [1.807, 2.05) is 38.1 Å². The molecule has 0 N–H and O–H groups in total. The van der Waals surface area contributed by atoms with E-state index in [0.717, 1.165) is 11.1 Å². The lowest BCUT2D eigenvalue weighted by molar-refractivity contribution is 0.483. The molecule has 0 radical (unpaired) electrons. The monoisotopic (exact) mass is 393 g/mol. The van der Waals surface area contributed by atoms with Crippen molar-refractivity contribution in [1.82, 2.24) is 4.98 Å². The van der Waals surface area contributed by atoms with Crippen LogP contribution in [0.1, 0.15) is 16.7 Å². The molecular weight excluding hydrogens is 374 g/mol. The highest BCUT2D eigenvalue weighted by atomic mass is 32.2. The highest BCUT2D eigenvalue weighted by Gasteiger charge is 2.22. The standard InChI is InChI=1S/C22H19NO4S/c1-14-7-10-17(11-8-14)28(24,25)27-21-16(3)5-4-6-18(21)22-23-19-13-15(2)9-12-20(19)26-22/h4-13H,1-3H3. The predicted octanol–water partition coefficient (Wildman–Crippen LogP) is 5.19. The van der Waals surface area contributed by atoms with Gasteiger partial charge in [0, 0.05) is 0 Å². The number of hydrogen-bond acceptors (Lipinski definition) is 5. The third-order valence-electron chi connectivity index (χ3n) is 4.49. The number of aryl methyl sites for hydroxylation is 3. The van der Waals surface area contributed by atoms with Gasteiger partial charge in [-0.05, 0) is 62.2 Å². The quantitative estimate of drug-likeness (QED) is 0.446. The Morgan fingerprint density at radius 1 is 0.893 bits per heavy atom. The van der Waals surface area contributed by atoms with Gasteiger partial charge in [0.2, 0.25) is 5.89 Å². The number of fused-ring (bicyclic) bond motifs is 1.